The van der Waals surface area contributed by atoms with E-state index in [-0.39, 0.29) is 11.5 Å². The molecule has 0 bridgehead atoms. The molecule has 6 heteroatoms. The minimum Gasteiger partial charge on any atom is -0.346 e. The fourth-order valence-electron chi connectivity index (χ4n) is 3.33. The normalized spacial score (nSPS) is 11.4. The summed E-state index contributed by atoms with van der Waals surface area (Å²) < 4.78 is 1.58. The number of thioether (sulfide) groups is 1. The molecule has 2 aromatic carbocycles. The highest BCUT2D eigenvalue weighted by Crippen LogP contribution is 2.23. The lowest BCUT2D eigenvalue weighted by molar-refractivity contribution is 0.0909. The van der Waals surface area contributed by atoms with Crippen molar-refractivity contribution in [3.05, 3.63) is 88.0 Å². The van der Waals surface area contributed by atoms with Crippen molar-refractivity contribution in [1.29, 1.82) is 0 Å². The lowest BCUT2D eigenvalue weighted by Gasteiger charge is -2.24. The third-order valence-corrected chi connectivity index (χ3v) is 5.32. The van der Waals surface area contributed by atoms with Crippen LogP contribution in [0.1, 0.15) is 42.5 Å². The fraction of sp³-hybridized carbons (Fsp3) is 0.320. The molecule has 5 nitrogen and oxygen atoms in total. The molecule has 0 spiro atoms. The van der Waals surface area contributed by atoms with Gasteiger partial charge >= 0.3 is 0 Å². The molecule has 1 aromatic heterocycles. The first-order valence-corrected chi connectivity index (χ1v) is 11.7. The monoisotopic (exact) mass is 435 g/mol. The SMILES string of the molecule is CSCCc1nc(-c2ccccc2)c(C(=O)NC(C)(C)C)n(Cc2ccccc2)c1=O. The van der Waals surface area contributed by atoms with Crippen molar-refractivity contribution in [2.24, 2.45) is 0 Å². The lowest BCUT2D eigenvalue weighted by Crippen LogP contribution is -2.44. The van der Waals surface area contributed by atoms with E-state index in [0.29, 0.717) is 30.0 Å². The molecule has 0 unspecified atom stereocenters. The van der Waals surface area contributed by atoms with Crippen LogP contribution in [0.25, 0.3) is 11.3 Å². The van der Waals surface area contributed by atoms with Gasteiger partial charge in [-0.05, 0) is 38.3 Å². The summed E-state index contributed by atoms with van der Waals surface area (Å²) in [5.41, 5.74) is 2.42. The first kappa shape index (κ1) is 22.8. The molecule has 162 valence electrons. The number of carbonyl (C=O) groups is 1. The van der Waals surface area contributed by atoms with Crippen molar-refractivity contribution >= 4 is 17.7 Å². The Morgan fingerprint density at radius 2 is 1.65 bits per heavy atom. The Morgan fingerprint density at radius 3 is 2.23 bits per heavy atom. The molecule has 1 N–H and O–H groups in total. The van der Waals surface area contributed by atoms with Gasteiger partial charge in [0.2, 0.25) is 0 Å². The van der Waals surface area contributed by atoms with E-state index < -0.39 is 5.54 Å². The van der Waals surface area contributed by atoms with E-state index in [9.17, 15) is 9.59 Å². The number of nitrogens with one attached hydrogen (secondary N) is 1. The topological polar surface area (TPSA) is 64.0 Å². The van der Waals surface area contributed by atoms with Crippen LogP contribution in [0.4, 0.5) is 0 Å². The molecule has 0 aliphatic rings. The van der Waals surface area contributed by atoms with Gasteiger partial charge in [-0.2, -0.15) is 11.8 Å². The highest BCUT2D eigenvalue weighted by molar-refractivity contribution is 7.98. The summed E-state index contributed by atoms with van der Waals surface area (Å²) in [6, 6.07) is 19.3. The number of benzene rings is 2. The maximum atomic E-state index is 13.5. The lowest BCUT2D eigenvalue weighted by atomic mass is 10.1. The number of nitrogens with zero attached hydrogens (tertiary/aromatic N) is 2. The molecule has 1 amide bonds. The molecule has 31 heavy (non-hydrogen) atoms. The molecular weight excluding hydrogens is 406 g/mol. The maximum Gasteiger partial charge on any atom is 0.273 e. The zero-order valence-corrected chi connectivity index (χ0v) is 19.3. The summed E-state index contributed by atoms with van der Waals surface area (Å²) in [5, 5.41) is 3.02. The second kappa shape index (κ2) is 9.96. The number of rotatable bonds is 7. The number of carbonyl (C=O) groups excluding carboxylic acids is 1. The van der Waals surface area contributed by atoms with E-state index >= 15 is 0 Å². The number of hydrogen-bond acceptors (Lipinski definition) is 4. The molecule has 0 aliphatic heterocycles. The molecule has 0 saturated carbocycles. The van der Waals surface area contributed by atoms with Crippen LogP contribution in [0.15, 0.2) is 65.5 Å². The molecule has 0 radical (unpaired) electrons. The summed E-state index contributed by atoms with van der Waals surface area (Å²) >= 11 is 1.67. The number of aromatic nitrogens is 2. The quantitative estimate of drug-likeness (QED) is 0.598. The Labute approximate surface area is 187 Å². The summed E-state index contributed by atoms with van der Waals surface area (Å²) in [7, 11) is 0. The van der Waals surface area contributed by atoms with Gasteiger partial charge in [0.05, 0.1) is 6.54 Å². The van der Waals surface area contributed by atoms with E-state index in [1.807, 2.05) is 87.7 Å². The molecular formula is C25H29N3O2S. The Bertz CT molecular complexity index is 1090. The predicted molar refractivity (Wildman–Crippen MR) is 129 cm³/mol. The Kier molecular flexibility index (Phi) is 7.33. The number of aryl methyl sites for hydroxylation is 1. The van der Waals surface area contributed by atoms with Gasteiger partial charge in [-0.3, -0.25) is 14.2 Å². The van der Waals surface area contributed by atoms with Crippen LogP contribution in [-0.2, 0) is 13.0 Å². The van der Waals surface area contributed by atoms with Gasteiger partial charge < -0.3 is 5.32 Å². The van der Waals surface area contributed by atoms with Gasteiger partial charge in [-0.25, -0.2) is 4.98 Å². The highest BCUT2D eigenvalue weighted by Gasteiger charge is 2.26. The van der Waals surface area contributed by atoms with Gasteiger partial charge in [0.25, 0.3) is 11.5 Å². The van der Waals surface area contributed by atoms with E-state index in [4.69, 9.17) is 4.98 Å². The molecule has 0 aliphatic carbocycles. The van der Waals surface area contributed by atoms with Gasteiger partial charge in [-0.15, -0.1) is 0 Å². The largest absolute Gasteiger partial charge is 0.346 e. The Balaban J connectivity index is 2.27. The van der Waals surface area contributed by atoms with Crippen LogP contribution >= 0.6 is 11.8 Å². The van der Waals surface area contributed by atoms with Crippen molar-refractivity contribution in [2.75, 3.05) is 12.0 Å². The first-order valence-electron chi connectivity index (χ1n) is 10.3. The van der Waals surface area contributed by atoms with Crippen LogP contribution in [0.2, 0.25) is 0 Å². The molecule has 1 heterocycles. The van der Waals surface area contributed by atoms with Crippen LogP contribution in [0.3, 0.4) is 0 Å². The highest BCUT2D eigenvalue weighted by atomic mass is 32.2. The molecule has 0 atom stereocenters. The average molecular weight is 436 g/mol. The van der Waals surface area contributed by atoms with E-state index in [2.05, 4.69) is 5.32 Å². The second-order valence-corrected chi connectivity index (χ2v) is 9.43. The summed E-state index contributed by atoms with van der Waals surface area (Å²) in [5.74, 6) is 0.485. The average Bonchev–Trinajstić information content (AvgIpc) is 2.74. The first-order chi connectivity index (χ1) is 14.8. The standard InChI is InChI=1S/C25H29N3O2S/c1-25(2,3)27-23(29)22-21(19-13-9-6-10-14-19)26-20(15-16-31-4)24(30)28(22)17-18-11-7-5-8-12-18/h5-14H,15-17H2,1-4H3,(H,27,29). The van der Waals surface area contributed by atoms with Crippen molar-refractivity contribution in [2.45, 2.75) is 39.3 Å². The summed E-state index contributed by atoms with van der Waals surface area (Å²) in [6.45, 7) is 6.08. The van der Waals surface area contributed by atoms with E-state index in [1.165, 1.54) is 0 Å². The predicted octanol–water partition coefficient (Wildman–Crippen LogP) is 4.39. The fourth-order valence-corrected chi connectivity index (χ4v) is 3.72. The van der Waals surface area contributed by atoms with E-state index in [0.717, 1.165) is 16.9 Å². The maximum absolute atomic E-state index is 13.5. The van der Waals surface area contributed by atoms with Crippen LogP contribution < -0.4 is 10.9 Å². The minimum absolute atomic E-state index is 0.211. The summed E-state index contributed by atoms with van der Waals surface area (Å²) in [4.78, 5) is 31.6. The van der Waals surface area contributed by atoms with Crippen LogP contribution in [0, 0.1) is 0 Å². The summed E-state index contributed by atoms with van der Waals surface area (Å²) in [6.07, 6.45) is 2.56. The Morgan fingerprint density at radius 1 is 1.03 bits per heavy atom. The van der Waals surface area contributed by atoms with Gasteiger partial charge in [0.15, 0.2) is 0 Å². The molecule has 3 rings (SSSR count). The van der Waals surface area contributed by atoms with Crippen LogP contribution in [0.5, 0.6) is 0 Å². The number of amides is 1. The zero-order valence-electron chi connectivity index (χ0n) is 18.5. The molecule has 3 aromatic rings. The number of hydrogen-bond donors (Lipinski definition) is 1. The molecule has 0 saturated heterocycles. The van der Waals surface area contributed by atoms with Gasteiger partial charge in [0, 0.05) is 17.5 Å². The van der Waals surface area contributed by atoms with Crippen molar-refractivity contribution in [1.82, 2.24) is 14.9 Å². The van der Waals surface area contributed by atoms with E-state index in [1.54, 1.807) is 16.3 Å². The molecule has 0 fully saturated rings. The van der Waals surface area contributed by atoms with Gasteiger partial charge in [-0.1, -0.05) is 60.7 Å². The minimum atomic E-state index is -0.448. The Hall–Kier alpha value is -2.86. The smallest absolute Gasteiger partial charge is 0.273 e. The van der Waals surface area contributed by atoms with Crippen molar-refractivity contribution in [3.63, 3.8) is 0 Å². The van der Waals surface area contributed by atoms with Crippen LogP contribution in [-0.4, -0.2) is 33.0 Å². The second-order valence-electron chi connectivity index (χ2n) is 8.45. The third-order valence-electron chi connectivity index (χ3n) is 4.71. The third kappa shape index (κ3) is 5.85. The van der Waals surface area contributed by atoms with Crippen molar-refractivity contribution < 1.29 is 4.79 Å². The zero-order chi connectivity index (χ0) is 22.4. The van der Waals surface area contributed by atoms with Gasteiger partial charge in [0.1, 0.15) is 17.1 Å². The van der Waals surface area contributed by atoms with Crippen molar-refractivity contribution in [3.8, 4) is 11.3 Å².